The smallest absolute Gasteiger partial charge is 0.218 e. The van der Waals surface area contributed by atoms with E-state index in [1.54, 1.807) is 12.4 Å². The van der Waals surface area contributed by atoms with Crippen LogP contribution in [0.25, 0.3) is 0 Å². The predicted molar refractivity (Wildman–Crippen MR) is 78.2 cm³/mol. The summed E-state index contributed by atoms with van der Waals surface area (Å²) in [5, 5.41) is 3.41. The zero-order chi connectivity index (χ0) is 14.5. The highest BCUT2D eigenvalue weighted by Gasteiger charge is 2.29. The molecule has 1 aliphatic heterocycles. The van der Waals surface area contributed by atoms with Crippen molar-refractivity contribution < 1.29 is 9.47 Å². The van der Waals surface area contributed by atoms with Crippen molar-refractivity contribution >= 4 is 5.82 Å². The Kier molecular flexibility index (Phi) is 4.25. The molecule has 1 saturated heterocycles. The highest BCUT2D eigenvalue weighted by atomic mass is 16.5. The second kappa shape index (κ2) is 6.49. The number of hydrogen-bond acceptors (Lipinski definition) is 6. The van der Waals surface area contributed by atoms with Crippen LogP contribution in [-0.4, -0.2) is 34.2 Å². The maximum atomic E-state index is 5.84. The van der Waals surface area contributed by atoms with Gasteiger partial charge < -0.3 is 14.8 Å². The summed E-state index contributed by atoms with van der Waals surface area (Å²) in [7, 11) is 0. The zero-order valence-electron chi connectivity index (χ0n) is 11.9. The SMILES string of the molecule is CCOc1cc(N[C@H]2CCO[C@@H]2c2ccncc2)ncn1. The Hall–Kier alpha value is -2.21. The summed E-state index contributed by atoms with van der Waals surface area (Å²) in [6.07, 6.45) is 6.02. The first-order chi connectivity index (χ1) is 10.4. The molecule has 1 aliphatic rings. The van der Waals surface area contributed by atoms with Gasteiger partial charge >= 0.3 is 0 Å². The predicted octanol–water partition coefficient (Wildman–Crippen LogP) is 2.21. The van der Waals surface area contributed by atoms with Crippen LogP contribution in [0, 0.1) is 0 Å². The third-order valence-corrected chi connectivity index (χ3v) is 3.39. The van der Waals surface area contributed by atoms with E-state index in [9.17, 15) is 0 Å². The summed E-state index contributed by atoms with van der Waals surface area (Å²) in [4.78, 5) is 12.4. The first-order valence-corrected chi connectivity index (χ1v) is 7.09. The van der Waals surface area contributed by atoms with Gasteiger partial charge in [-0.25, -0.2) is 9.97 Å². The van der Waals surface area contributed by atoms with Crippen molar-refractivity contribution in [3.8, 4) is 5.88 Å². The van der Waals surface area contributed by atoms with E-state index in [1.807, 2.05) is 25.1 Å². The van der Waals surface area contributed by atoms with Crippen molar-refractivity contribution in [3.05, 3.63) is 42.5 Å². The largest absolute Gasteiger partial charge is 0.478 e. The molecule has 0 radical (unpaired) electrons. The molecule has 110 valence electrons. The fourth-order valence-corrected chi connectivity index (χ4v) is 2.45. The molecule has 0 saturated carbocycles. The quantitative estimate of drug-likeness (QED) is 0.909. The lowest BCUT2D eigenvalue weighted by Crippen LogP contribution is -2.23. The van der Waals surface area contributed by atoms with Gasteiger partial charge in [0, 0.05) is 25.1 Å². The average Bonchev–Trinajstić information content (AvgIpc) is 2.97. The molecule has 3 rings (SSSR count). The average molecular weight is 286 g/mol. The van der Waals surface area contributed by atoms with Gasteiger partial charge in [-0.15, -0.1) is 0 Å². The minimum absolute atomic E-state index is 0.0125. The molecule has 2 aromatic heterocycles. The van der Waals surface area contributed by atoms with E-state index in [-0.39, 0.29) is 12.1 Å². The fourth-order valence-electron chi connectivity index (χ4n) is 2.45. The number of ether oxygens (including phenoxy) is 2. The van der Waals surface area contributed by atoms with Gasteiger partial charge in [0.15, 0.2) is 0 Å². The Morgan fingerprint density at radius 3 is 3.00 bits per heavy atom. The van der Waals surface area contributed by atoms with Crippen molar-refractivity contribution in [1.82, 2.24) is 15.0 Å². The van der Waals surface area contributed by atoms with Crippen LogP contribution in [0.3, 0.4) is 0 Å². The van der Waals surface area contributed by atoms with Crippen molar-refractivity contribution in [2.45, 2.75) is 25.5 Å². The third kappa shape index (κ3) is 3.28. The van der Waals surface area contributed by atoms with Gasteiger partial charge in [-0.1, -0.05) is 0 Å². The van der Waals surface area contributed by atoms with Crippen LogP contribution in [0.15, 0.2) is 36.9 Å². The molecule has 21 heavy (non-hydrogen) atoms. The number of nitrogens with one attached hydrogen (secondary N) is 1. The summed E-state index contributed by atoms with van der Waals surface area (Å²) in [5.74, 6) is 1.33. The summed E-state index contributed by atoms with van der Waals surface area (Å²) in [6.45, 7) is 3.25. The highest BCUT2D eigenvalue weighted by molar-refractivity contribution is 5.39. The molecule has 0 amide bonds. The molecule has 0 bridgehead atoms. The Balaban J connectivity index is 1.73. The van der Waals surface area contributed by atoms with Crippen LogP contribution in [0.5, 0.6) is 5.88 Å². The van der Waals surface area contributed by atoms with Gasteiger partial charge in [0.25, 0.3) is 0 Å². The normalized spacial score (nSPS) is 21.2. The number of nitrogens with zero attached hydrogens (tertiary/aromatic N) is 3. The monoisotopic (exact) mass is 286 g/mol. The first-order valence-electron chi connectivity index (χ1n) is 7.09. The standard InChI is InChI=1S/C15H18N4O2/c1-2-20-14-9-13(17-10-18-14)19-12-5-8-21-15(12)11-3-6-16-7-4-11/h3-4,6-7,9-10,12,15H,2,5,8H2,1H3,(H,17,18,19)/t12-,15+/m0/s1. The number of hydrogen-bond donors (Lipinski definition) is 1. The molecule has 0 unspecified atom stereocenters. The van der Waals surface area contributed by atoms with E-state index in [2.05, 4.69) is 20.3 Å². The van der Waals surface area contributed by atoms with Gasteiger partial charge in [-0.2, -0.15) is 0 Å². The molecule has 0 aromatic carbocycles. The minimum atomic E-state index is 0.0125. The molecule has 1 fully saturated rings. The van der Waals surface area contributed by atoms with Crippen LogP contribution in [0.2, 0.25) is 0 Å². The lowest BCUT2D eigenvalue weighted by Gasteiger charge is -2.20. The van der Waals surface area contributed by atoms with Crippen LogP contribution in [0.1, 0.15) is 25.0 Å². The van der Waals surface area contributed by atoms with Crippen LogP contribution in [0.4, 0.5) is 5.82 Å². The van der Waals surface area contributed by atoms with Gasteiger partial charge in [0.2, 0.25) is 5.88 Å². The molecular weight excluding hydrogens is 268 g/mol. The molecule has 2 atom stereocenters. The summed E-state index contributed by atoms with van der Waals surface area (Å²) in [5.41, 5.74) is 1.12. The van der Waals surface area contributed by atoms with Crippen molar-refractivity contribution in [3.63, 3.8) is 0 Å². The van der Waals surface area contributed by atoms with E-state index in [4.69, 9.17) is 9.47 Å². The summed E-state index contributed by atoms with van der Waals surface area (Å²) in [6, 6.07) is 5.95. The molecule has 2 aromatic rings. The number of rotatable bonds is 5. The highest BCUT2D eigenvalue weighted by Crippen LogP contribution is 2.31. The third-order valence-electron chi connectivity index (χ3n) is 3.39. The molecule has 1 N–H and O–H groups in total. The molecule has 0 aliphatic carbocycles. The maximum Gasteiger partial charge on any atom is 0.218 e. The topological polar surface area (TPSA) is 69.2 Å². The van der Waals surface area contributed by atoms with E-state index >= 15 is 0 Å². The lowest BCUT2D eigenvalue weighted by atomic mass is 10.0. The number of aromatic nitrogens is 3. The molecular formula is C15H18N4O2. The van der Waals surface area contributed by atoms with Crippen LogP contribution in [-0.2, 0) is 4.74 Å². The summed E-state index contributed by atoms with van der Waals surface area (Å²) >= 11 is 0. The minimum Gasteiger partial charge on any atom is -0.478 e. The molecule has 6 heteroatoms. The van der Waals surface area contributed by atoms with Gasteiger partial charge in [0.05, 0.1) is 12.6 Å². The maximum absolute atomic E-state index is 5.84. The van der Waals surface area contributed by atoms with E-state index in [0.29, 0.717) is 12.5 Å². The summed E-state index contributed by atoms with van der Waals surface area (Å²) < 4.78 is 11.2. The van der Waals surface area contributed by atoms with E-state index in [1.165, 1.54) is 6.33 Å². The fraction of sp³-hybridized carbons (Fsp3) is 0.400. The first kappa shape index (κ1) is 13.8. The van der Waals surface area contributed by atoms with Crippen molar-refractivity contribution in [2.75, 3.05) is 18.5 Å². The zero-order valence-corrected chi connectivity index (χ0v) is 11.9. The number of pyridine rings is 1. The lowest BCUT2D eigenvalue weighted by molar-refractivity contribution is 0.107. The Bertz CT molecular complexity index is 579. The van der Waals surface area contributed by atoms with Crippen LogP contribution >= 0.6 is 0 Å². The van der Waals surface area contributed by atoms with Crippen LogP contribution < -0.4 is 10.1 Å². The van der Waals surface area contributed by atoms with Gasteiger partial charge in [-0.3, -0.25) is 4.98 Å². The van der Waals surface area contributed by atoms with Gasteiger partial charge in [-0.05, 0) is 31.0 Å². The van der Waals surface area contributed by atoms with Gasteiger partial charge in [0.1, 0.15) is 18.2 Å². The Morgan fingerprint density at radius 2 is 2.19 bits per heavy atom. The Labute approximate surface area is 123 Å². The second-order valence-electron chi connectivity index (χ2n) is 4.79. The van der Waals surface area contributed by atoms with Crippen molar-refractivity contribution in [1.29, 1.82) is 0 Å². The molecule has 6 nitrogen and oxygen atoms in total. The second-order valence-corrected chi connectivity index (χ2v) is 4.79. The van der Waals surface area contributed by atoms with E-state index in [0.717, 1.165) is 24.4 Å². The Morgan fingerprint density at radius 1 is 1.33 bits per heavy atom. The van der Waals surface area contributed by atoms with Crippen molar-refractivity contribution in [2.24, 2.45) is 0 Å². The van der Waals surface area contributed by atoms with E-state index < -0.39 is 0 Å². The molecule has 3 heterocycles. The molecule has 0 spiro atoms. The number of anilines is 1.